The van der Waals surface area contributed by atoms with Gasteiger partial charge >= 0.3 is 0 Å². The molecule has 0 atom stereocenters. The topological polar surface area (TPSA) is 12.5 Å². The fourth-order valence-electron chi connectivity index (χ4n) is 1.88. The van der Waals surface area contributed by atoms with Crippen LogP contribution in [0.3, 0.4) is 0 Å². The Morgan fingerprint density at radius 2 is 1.79 bits per heavy atom. The van der Waals surface area contributed by atoms with E-state index in [9.17, 15) is 0 Å². The molecule has 3 heteroatoms. The molecule has 1 rings (SSSR count). The molecular formula is C11H21NOS. The van der Waals surface area contributed by atoms with E-state index in [1.165, 1.54) is 0 Å². The van der Waals surface area contributed by atoms with Gasteiger partial charge in [0.1, 0.15) is 6.10 Å². The summed E-state index contributed by atoms with van der Waals surface area (Å²) in [5.74, 6) is 0. The van der Waals surface area contributed by atoms with Crippen molar-refractivity contribution < 1.29 is 4.74 Å². The molecule has 0 radical (unpaired) electrons. The van der Waals surface area contributed by atoms with Crippen LogP contribution in [0.5, 0.6) is 0 Å². The maximum absolute atomic E-state index is 5.56. The molecule has 14 heavy (non-hydrogen) atoms. The van der Waals surface area contributed by atoms with E-state index in [2.05, 4.69) is 25.7 Å². The zero-order valence-electron chi connectivity index (χ0n) is 9.67. The van der Waals surface area contributed by atoms with Gasteiger partial charge in [0.25, 0.3) is 0 Å². The fraction of sp³-hybridized carbons (Fsp3) is 0.909. The van der Waals surface area contributed by atoms with Crippen LogP contribution in [-0.2, 0) is 4.74 Å². The lowest BCUT2D eigenvalue weighted by Crippen LogP contribution is -2.47. The summed E-state index contributed by atoms with van der Waals surface area (Å²) in [4.78, 5) is 2.51. The zero-order valence-corrected chi connectivity index (χ0v) is 10.5. The first kappa shape index (κ1) is 11.9. The minimum Gasteiger partial charge on any atom is -0.484 e. The SMILES string of the molecule is CC(=S)OC1CCN(C(C)(C)C)CC1. The van der Waals surface area contributed by atoms with Crippen molar-refractivity contribution in [2.24, 2.45) is 0 Å². The second kappa shape index (κ2) is 4.58. The van der Waals surface area contributed by atoms with Crippen molar-refractivity contribution in [2.45, 2.75) is 52.2 Å². The third-order valence-electron chi connectivity index (χ3n) is 2.72. The standard InChI is InChI=1S/C11H21NOS/c1-9(14)13-10-5-7-12(8-6-10)11(2,3)4/h10H,5-8H2,1-4H3. The van der Waals surface area contributed by atoms with Crippen LogP contribution in [0, 0.1) is 0 Å². The monoisotopic (exact) mass is 215 g/mol. The van der Waals surface area contributed by atoms with Crippen LogP contribution in [0.2, 0.25) is 0 Å². The molecule has 82 valence electrons. The van der Waals surface area contributed by atoms with Gasteiger partial charge in [-0.2, -0.15) is 0 Å². The van der Waals surface area contributed by atoms with Crippen LogP contribution in [0.15, 0.2) is 0 Å². The van der Waals surface area contributed by atoms with Gasteiger partial charge in [-0.15, -0.1) is 0 Å². The smallest absolute Gasteiger partial charge is 0.157 e. The Labute approximate surface area is 92.6 Å². The second-order valence-corrected chi connectivity index (χ2v) is 5.54. The molecule has 0 amide bonds. The molecule has 0 saturated carbocycles. The number of ether oxygens (including phenoxy) is 1. The van der Waals surface area contributed by atoms with Gasteiger partial charge in [0.15, 0.2) is 5.05 Å². The average molecular weight is 215 g/mol. The van der Waals surface area contributed by atoms with Gasteiger partial charge in [0, 0.05) is 25.6 Å². The minimum atomic E-state index is 0.289. The predicted octanol–water partition coefficient (Wildman–Crippen LogP) is 2.61. The van der Waals surface area contributed by atoms with Gasteiger partial charge in [-0.05, 0) is 45.8 Å². The van der Waals surface area contributed by atoms with E-state index in [4.69, 9.17) is 17.0 Å². The van der Waals surface area contributed by atoms with Crippen molar-refractivity contribution in [3.63, 3.8) is 0 Å². The number of nitrogens with zero attached hydrogens (tertiary/aromatic N) is 1. The Hall–Kier alpha value is -0.150. The highest BCUT2D eigenvalue weighted by atomic mass is 32.1. The number of rotatable bonds is 1. The lowest BCUT2D eigenvalue weighted by molar-refractivity contribution is 0.0452. The van der Waals surface area contributed by atoms with Crippen molar-refractivity contribution in [1.29, 1.82) is 0 Å². The summed E-state index contributed by atoms with van der Waals surface area (Å²) >= 11 is 4.94. The summed E-state index contributed by atoms with van der Waals surface area (Å²) in [5.41, 5.74) is 0.289. The maximum Gasteiger partial charge on any atom is 0.157 e. The number of likely N-dealkylation sites (tertiary alicyclic amines) is 1. The van der Waals surface area contributed by atoms with Gasteiger partial charge in [-0.1, -0.05) is 0 Å². The lowest BCUT2D eigenvalue weighted by Gasteiger charge is -2.40. The van der Waals surface area contributed by atoms with E-state index >= 15 is 0 Å². The van der Waals surface area contributed by atoms with Crippen LogP contribution >= 0.6 is 12.2 Å². The highest BCUT2D eigenvalue weighted by Crippen LogP contribution is 2.21. The summed E-state index contributed by atoms with van der Waals surface area (Å²) in [6.07, 6.45) is 2.56. The van der Waals surface area contributed by atoms with Crippen molar-refractivity contribution in [3.8, 4) is 0 Å². The van der Waals surface area contributed by atoms with E-state index in [0.29, 0.717) is 11.2 Å². The van der Waals surface area contributed by atoms with Crippen LogP contribution < -0.4 is 0 Å². The molecule has 0 spiro atoms. The van der Waals surface area contributed by atoms with Gasteiger partial charge in [-0.3, -0.25) is 4.90 Å². The van der Waals surface area contributed by atoms with Crippen LogP contribution in [-0.4, -0.2) is 34.7 Å². The summed E-state index contributed by atoms with van der Waals surface area (Å²) in [6, 6.07) is 0. The Bertz CT molecular complexity index is 202. The highest BCUT2D eigenvalue weighted by molar-refractivity contribution is 7.80. The van der Waals surface area contributed by atoms with Gasteiger partial charge < -0.3 is 4.74 Å². The molecule has 2 nitrogen and oxygen atoms in total. The zero-order chi connectivity index (χ0) is 10.8. The highest BCUT2D eigenvalue weighted by Gasteiger charge is 2.27. The largest absolute Gasteiger partial charge is 0.484 e. The first-order chi connectivity index (χ1) is 6.39. The first-order valence-corrected chi connectivity index (χ1v) is 5.72. The Kier molecular flexibility index (Phi) is 3.90. The molecule has 1 saturated heterocycles. The summed E-state index contributed by atoms with van der Waals surface area (Å²) in [7, 11) is 0. The van der Waals surface area contributed by atoms with Crippen LogP contribution in [0.1, 0.15) is 40.5 Å². The predicted molar refractivity (Wildman–Crippen MR) is 63.7 cm³/mol. The maximum atomic E-state index is 5.56. The quantitative estimate of drug-likeness (QED) is 0.624. The van der Waals surface area contributed by atoms with E-state index in [0.717, 1.165) is 25.9 Å². The van der Waals surface area contributed by atoms with E-state index in [-0.39, 0.29) is 5.54 Å². The molecule has 1 aliphatic heterocycles. The van der Waals surface area contributed by atoms with E-state index in [1.54, 1.807) is 0 Å². The molecule has 0 aliphatic carbocycles. The van der Waals surface area contributed by atoms with Gasteiger partial charge in [0.2, 0.25) is 0 Å². The second-order valence-electron chi connectivity index (χ2n) is 4.97. The molecule has 0 aromatic heterocycles. The molecule has 0 bridgehead atoms. The molecule has 1 fully saturated rings. The molecule has 1 aliphatic rings. The third-order valence-corrected chi connectivity index (χ3v) is 2.82. The normalized spacial score (nSPS) is 20.9. The van der Waals surface area contributed by atoms with Gasteiger partial charge in [0.05, 0.1) is 0 Å². The van der Waals surface area contributed by atoms with Gasteiger partial charge in [-0.25, -0.2) is 0 Å². The number of hydrogen-bond donors (Lipinski definition) is 0. The average Bonchev–Trinajstić information content (AvgIpc) is 2.02. The number of hydrogen-bond acceptors (Lipinski definition) is 3. The van der Waals surface area contributed by atoms with Crippen molar-refractivity contribution in [2.75, 3.05) is 13.1 Å². The van der Waals surface area contributed by atoms with E-state index in [1.807, 2.05) is 6.92 Å². The van der Waals surface area contributed by atoms with Crippen molar-refractivity contribution >= 4 is 17.3 Å². The number of piperidine rings is 1. The van der Waals surface area contributed by atoms with Crippen molar-refractivity contribution in [1.82, 2.24) is 4.90 Å². The Morgan fingerprint density at radius 1 is 1.29 bits per heavy atom. The molecule has 0 unspecified atom stereocenters. The first-order valence-electron chi connectivity index (χ1n) is 5.32. The minimum absolute atomic E-state index is 0.289. The van der Waals surface area contributed by atoms with Crippen molar-refractivity contribution in [3.05, 3.63) is 0 Å². The third kappa shape index (κ3) is 3.54. The van der Waals surface area contributed by atoms with E-state index < -0.39 is 0 Å². The Morgan fingerprint density at radius 3 is 2.14 bits per heavy atom. The molecule has 1 heterocycles. The Balaban J connectivity index is 2.35. The molecule has 0 aromatic rings. The number of thiocarbonyl (C=S) groups is 1. The summed E-state index contributed by atoms with van der Waals surface area (Å²) in [6.45, 7) is 10.9. The van der Waals surface area contributed by atoms with Crippen LogP contribution in [0.4, 0.5) is 0 Å². The summed E-state index contributed by atoms with van der Waals surface area (Å²) in [5, 5.41) is 0.680. The molecule has 0 N–H and O–H groups in total. The summed E-state index contributed by atoms with van der Waals surface area (Å²) < 4.78 is 5.56. The van der Waals surface area contributed by atoms with Crippen LogP contribution in [0.25, 0.3) is 0 Å². The lowest BCUT2D eigenvalue weighted by atomic mass is 9.99. The molecule has 0 aromatic carbocycles. The fourth-order valence-corrected chi connectivity index (χ4v) is 2.02. The molecular weight excluding hydrogens is 194 g/mol.